The van der Waals surface area contributed by atoms with Gasteiger partial charge in [0.05, 0.1) is 24.2 Å². The number of carbonyl (C=O) groups is 2. The van der Waals surface area contributed by atoms with Crippen LogP contribution in [-0.2, 0) is 9.59 Å². The SMILES string of the molecule is C[C@@H](O)C1C(=O)N2C(C(=O)O)=C(CN3CC[C@@H](O)C3)[C@H](C)[C@H]12. The van der Waals surface area contributed by atoms with Gasteiger partial charge in [0.2, 0.25) is 5.91 Å². The number of carboxylic acid groups (broad SMARTS) is 1. The van der Waals surface area contributed by atoms with Crippen molar-refractivity contribution in [2.45, 2.75) is 38.5 Å². The minimum Gasteiger partial charge on any atom is -0.477 e. The Hall–Kier alpha value is -1.44. The van der Waals surface area contributed by atoms with Crippen LogP contribution in [-0.4, -0.2) is 74.9 Å². The first-order valence-electron chi connectivity index (χ1n) is 7.70. The molecule has 1 amide bonds. The lowest BCUT2D eigenvalue weighted by molar-refractivity contribution is -0.163. The van der Waals surface area contributed by atoms with E-state index in [2.05, 4.69) is 0 Å². The van der Waals surface area contributed by atoms with Crippen molar-refractivity contribution in [3.8, 4) is 0 Å². The number of aliphatic carboxylic acids is 1. The maximum atomic E-state index is 12.2. The van der Waals surface area contributed by atoms with Crippen LogP contribution >= 0.6 is 0 Å². The highest BCUT2D eigenvalue weighted by molar-refractivity contribution is 6.00. The van der Waals surface area contributed by atoms with Crippen LogP contribution in [0.2, 0.25) is 0 Å². The van der Waals surface area contributed by atoms with Crippen LogP contribution in [0, 0.1) is 11.8 Å². The van der Waals surface area contributed by atoms with Crippen molar-refractivity contribution in [3.05, 3.63) is 11.3 Å². The topological polar surface area (TPSA) is 101 Å². The zero-order valence-electron chi connectivity index (χ0n) is 12.8. The molecule has 0 bridgehead atoms. The monoisotopic (exact) mass is 310 g/mol. The molecule has 0 aliphatic carbocycles. The first-order chi connectivity index (χ1) is 10.3. The van der Waals surface area contributed by atoms with E-state index in [1.807, 2.05) is 11.8 Å². The fourth-order valence-corrected chi connectivity index (χ4v) is 4.05. The lowest BCUT2D eigenvalue weighted by Gasteiger charge is -2.46. The second-order valence-corrected chi connectivity index (χ2v) is 6.61. The third-order valence-electron chi connectivity index (χ3n) is 5.16. The Morgan fingerprint density at radius 3 is 2.64 bits per heavy atom. The molecule has 7 heteroatoms. The van der Waals surface area contributed by atoms with E-state index < -0.39 is 18.0 Å². The van der Waals surface area contributed by atoms with Crippen LogP contribution in [0.1, 0.15) is 20.3 Å². The molecule has 3 N–H and O–H groups in total. The van der Waals surface area contributed by atoms with E-state index in [0.29, 0.717) is 19.5 Å². The largest absolute Gasteiger partial charge is 0.477 e. The molecule has 7 nitrogen and oxygen atoms in total. The third-order valence-corrected chi connectivity index (χ3v) is 5.16. The number of hydrogen-bond donors (Lipinski definition) is 3. The molecule has 5 atom stereocenters. The Bertz CT molecular complexity index is 544. The van der Waals surface area contributed by atoms with Crippen LogP contribution in [0.3, 0.4) is 0 Å². The van der Waals surface area contributed by atoms with Gasteiger partial charge in [0.25, 0.3) is 0 Å². The highest BCUT2D eigenvalue weighted by Crippen LogP contribution is 2.47. The van der Waals surface area contributed by atoms with Crippen LogP contribution in [0.15, 0.2) is 11.3 Å². The van der Waals surface area contributed by atoms with Crippen molar-refractivity contribution in [3.63, 3.8) is 0 Å². The van der Waals surface area contributed by atoms with Gasteiger partial charge in [0.1, 0.15) is 5.70 Å². The molecule has 2 fully saturated rings. The molecule has 3 aliphatic rings. The second-order valence-electron chi connectivity index (χ2n) is 6.61. The summed E-state index contributed by atoms with van der Waals surface area (Å²) in [5, 5.41) is 28.9. The van der Waals surface area contributed by atoms with Gasteiger partial charge < -0.3 is 20.2 Å². The van der Waals surface area contributed by atoms with Gasteiger partial charge in [-0.15, -0.1) is 0 Å². The Morgan fingerprint density at radius 2 is 2.14 bits per heavy atom. The lowest BCUT2D eigenvalue weighted by atomic mass is 9.77. The number of hydrogen-bond acceptors (Lipinski definition) is 5. The number of likely N-dealkylation sites (tertiary alicyclic amines) is 1. The van der Waals surface area contributed by atoms with E-state index in [1.54, 1.807) is 6.92 Å². The highest BCUT2D eigenvalue weighted by atomic mass is 16.4. The Morgan fingerprint density at radius 1 is 1.45 bits per heavy atom. The lowest BCUT2D eigenvalue weighted by Crippen LogP contribution is -2.63. The number of β-lactam (4-membered cyclic amide) rings is 1. The maximum Gasteiger partial charge on any atom is 0.352 e. The van der Waals surface area contributed by atoms with Gasteiger partial charge in [-0.05, 0) is 18.9 Å². The van der Waals surface area contributed by atoms with E-state index in [4.69, 9.17) is 0 Å². The van der Waals surface area contributed by atoms with Crippen molar-refractivity contribution < 1.29 is 24.9 Å². The summed E-state index contributed by atoms with van der Waals surface area (Å²) >= 11 is 0. The average Bonchev–Trinajstić information content (AvgIpc) is 2.92. The molecule has 0 saturated carbocycles. The van der Waals surface area contributed by atoms with Gasteiger partial charge in [0, 0.05) is 25.6 Å². The minimum absolute atomic E-state index is 0.0702. The molecule has 0 aromatic rings. The van der Waals surface area contributed by atoms with E-state index in [0.717, 1.165) is 12.1 Å². The summed E-state index contributed by atoms with van der Waals surface area (Å²) in [5.41, 5.74) is 0.795. The quantitative estimate of drug-likeness (QED) is 0.591. The molecule has 0 radical (unpaired) electrons. The average molecular weight is 310 g/mol. The van der Waals surface area contributed by atoms with E-state index in [1.165, 1.54) is 4.90 Å². The van der Waals surface area contributed by atoms with Crippen molar-refractivity contribution in [2.75, 3.05) is 19.6 Å². The summed E-state index contributed by atoms with van der Waals surface area (Å²) in [6, 6.07) is -0.263. The molecule has 22 heavy (non-hydrogen) atoms. The van der Waals surface area contributed by atoms with Gasteiger partial charge in [-0.1, -0.05) is 6.92 Å². The van der Waals surface area contributed by atoms with Crippen molar-refractivity contribution in [1.29, 1.82) is 0 Å². The summed E-state index contributed by atoms with van der Waals surface area (Å²) < 4.78 is 0. The van der Waals surface area contributed by atoms with Gasteiger partial charge in [0.15, 0.2) is 0 Å². The van der Waals surface area contributed by atoms with Gasteiger partial charge in [-0.3, -0.25) is 9.69 Å². The van der Waals surface area contributed by atoms with Crippen LogP contribution in [0.4, 0.5) is 0 Å². The van der Waals surface area contributed by atoms with Gasteiger partial charge in [-0.25, -0.2) is 4.79 Å². The van der Waals surface area contributed by atoms with E-state index in [9.17, 15) is 24.9 Å². The number of aliphatic hydroxyl groups excluding tert-OH is 2. The van der Waals surface area contributed by atoms with Crippen molar-refractivity contribution >= 4 is 11.9 Å². The zero-order valence-corrected chi connectivity index (χ0v) is 12.8. The Labute approximate surface area is 128 Å². The van der Waals surface area contributed by atoms with Crippen molar-refractivity contribution in [1.82, 2.24) is 9.80 Å². The fraction of sp³-hybridized carbons (Fsp3) is 0.733. The van der Waals surface area contributed by atoms with Crippen molar-refractivity contribution in [2.24, 2.45) is 11.8 Å². The number of carboxylic acids is 1. The summed E-state index contributed by atoms with van der Waals surface area (Å²) in [6.07, 6.45) is -0.458. The number of rotatable bonds is 4. The van der Waals surface area contributed by atoms with Crippen LogP contribution in [0.5, 0.6) is 0 Å². The number of amides is 1. The van der Waals surface area contributed by atoms with Crippen LogP contribution < -0.4 is 0 Å². The summed E-state index contributed by atoms with van der Waals surface area (Å²) in [6.45, 7) is 5.19. The summed E-state index contributed by atoms with van der Waals surface area (Å²) in [4.78, 5) is 27.2. The first-order valence-corrected chi connectivity index (χ1v) is 7.70. The standard InChI is InChI=1S/C15H22N2O5/c1-7-10(6-16-4-3-9(19)5-16)13(15(21)22)17-12(7)11(8(2)18)14(17)20/h7-9,11-12,18-19H,3-6H2,1-2H3,(H,21,22)/t7-,8+,9+,11?,12+/m0/s1. The zero-order chi connectivity index (χ0) is 16.2. The Balaban J connectivity index is 1.87. The number of carbonyl (C=O) groups excluding carboxylic acids is 1. The molecular weight excluding hydrogens is 288 g/mol. The van der Waals surface area contributed by atoms with Gasteiger partial charge in [-0.2, -0.15) is 0 Å². The molecule has 0 spiro atoms. The number of aliphatic hydroxyl groups is 2. The van der Waals surface area contributed by atoms with Gasteiger partial charge >= 0.3 is 5.97 Å². The second kappa shape index (κ2) is 5.33. The van der Waals surface area contributed by atoms with Crippen LogP contribution in [0.25, 0.3) is 0 Å². The van der Waals surface area contributed by atoms with E-state index >= 15 is 0 Å². The summed E-state index contributed by atoms with van der Waals surface area (Å²) in [5.74, 6) is -2.02. The smallest absolute Gasteiger partial charge is 0.352 e. The third kappa shape index (κ3) is 2.15. The Kier molecular flexibility index (Phi) is 3.74. The minimum atomic E-state index is -1.10. The number of fused-ring (bicyclic) bond motifs is 1. The molecule has 0 aromatic heterocycles. The fourth-order valence-electron chi connectivity index (χ4n) is 4.05. The molecule has 3 aliphatic heterocycles. The predicted octanol–water partition coefficient (Wildman–Crippen LogP) is -0.751. The molecule has 0 aromatic carbocycles. The number of β-amino-alcohol motifs (C(OH)–C–C–N with tert-alkyl or cyclic N) is 1. The first kappa shape index (κ1) is 15.5. The summed E-state index contributed by atoms with van der Waals surface area (Å²) in [7, 11) is 0. The van der Waals surface area contributed by atoms with E-state index in [-0.39, 0.29) is 29.7 Å². The molecule has 3 heterocycles. The predicted molar refractivity (Wildman–Crippen MR) is 76.7 cm³/mol. The normalized spacial score (nSPS) is 36.5. The maximum absolute atomic E-state index is 12.2. The molecule has 3 rings (SSSR count). The number of nitrogens with zero attached hydrogens (tertiary/aromatic N) is 2. The molecular formula is C15H22N2O5. The molecule has 2 saturated heterocycles. The highest BCUT2D eigenvalue weighted by Gasteiger charge is 2.59. The molecule has 1 unspecified atom stereocenters. The molecule has 122 valence electrons.